The minimum Gasteiger partial charge on any atom is -0.454 e. The normalized spacial score (nSPS) is 13.1. The quantitative estimate of drug-likeness (QED) is 0.386. The summed E-state index contributed by atoms with van der Waals surface area (Å²) in [5, 5.41) is 13.8. The summed E-state index contributed by atoms with van der Waals surface area (Å²) in [4.78, 5) is 5.59. The van der Waals surface area contributed by atoms with E-state index in [1.165, 1.54) is 11.3 Å². The number of anilines is 1. The van der Waals surface area contributed by atoms with Crippen LogP contribution in [0.15, 0.2) is 39.9 Å². The fraction of sp³-hybridized carbons (Fsp3) is 0.238. The molecule has 4 heterocycles. The van der Waals surface area contributed by atoms with Crippen molar-refractivity contribution >= 4 is 49.1 Å². The number of benzene rings is 1. The van der Waals surface area contributed by atoms with Gasteiger partial charge in [0.25, 0.3) is 15.9 Å². The van der Waals surface area contributed by atoms with Gasteiger partial charge < -0.3 is 19.1 Å². The van der Waals surface area contributed by atoms with Crippen molar-refractivity contribution in [1.82, 2.24) is 10.1 Å². The lowest BCUT2D eigenvalue weighted by molar-refractivity contribution is 0.174. The monoisotopic (exact) mass is 507 g/mol. The van der Waals surface area contributed by atoms with Crippen molar-refractivity contribution in [2.24, 2.45) is 0 Å². The molecular formula is C21H18ClN3O6S2. The van der Waals surface area contributed by atoms with E-state index in [4.69, 9.17) is 25.6 Å². The lowest BCUT2D eigenvalue weighted by Crippen LogP contribution is -2.14. The van der Waals surface area contributed by atoms with E-state index in [1.807, 2.05) is 12.1 Å². The summed E-state index contributed by atoms with van der Waals surface area (Å²) in [5.74, 6) is 1.04. The summed E-state index contributed by atoms with van der Waals surface area (Å²) in [6.07, 6.45) is 2.29. The SMILES string of the molecule is Cc1noc(NS(=O)(=O)c2c(Cc3cc4c(cc3CCO)OCO4)sc3ncccc23)c1Cl. The summed E-state index contributed by atoms with van der Waals surface area (Å²) in [6, 6.07) is 7.04. The number of halogens is 1. The van der Waals surface area contributed by atoms with E-state index in [9.17, 15) is 13.5 Å². The number of ether oxygens (including phenoxy) is 2. The van der Waals surface area contributed by atoms with Crippen LogP contribution in [0.25, 0.3) is 10.2 Å². The van der Waals surface area contributed by atoms with Crippen molar-refractivity contribution in [3.05, 3.63) is 57.2 Å². The number of hydrogen-bond acceptors (Lipinski definition) is 9. The number of aliphatic hydroxyl groups excluding tert-OH is 1. The molecular weight excluding hydrogens is 490 g/mol. The van der Waals surface area contributed by atoms with Crippen LogP contribution >= 0.6 is 22.9 Å². The summed E-state index contributed by atoms with van der Waals surface area (Å²) in [7, 11) is -4.10. The maximum absolute atomic E-state index is 13.5. The van der Waals surface area contributed by atoms with Crippen LogP contribution in [0.2, 0.25) is 5.02 Å². The Labute approximate surface area is 198 Å². The molecule has 12 heteroatoms. The Morgan fingerprint density at radius 1 is 1.24 bits per heavy atom. The van der Waals surface area contributed by atoms with E-state index in [0.717, 1.165) is 11.1 Å². The number of sulfonamides is 1. The van der Waals surface area contributed by atoms with E-state index in [1.54, 1.807) is 25.3 Å². The molecule has 172 valence electrons. The fourth-order valence-corrected chi connectivity index (χ4v) is 6.74. The van der Waals surface area contributed by atoms with Gasteiger partial charge in [-0.25, -0.2) is 18.1 Å². The fourth-order valence-electron chi connectivity index (χ4n) is 3.68. The molecule has 0 saturated carbocycles. The third-order valence-electron chi connectivity index (χ3n) is 5.20. The first kappa shape index (κ1) is 22.0. The van der Waals surface area contributed by atoms with Gasteiger partial charge in [0, 0.05) is 29.5 Å². The predicted octanol–water partition coefficient (Wildman–Crippen LogP) is 3.90. The van der Waals surface area contributed by atoms with Crippen molar-refractivity contribution in [3.63, 3.8) is 0 Å². The number of fused-ring (bicyclic) bond motifs is 2. The van der Waals surface area contributed by atoms with E-state index in [0.29, 0.717) is 38.7 Å². The molecule has 0 radical (unpaired) electrons. The molecule has 9 nitrogen and oxygen atoms in total. The van der Waals surface area contributed by atoms with Gasteiger partial charge in [0.1, 0.15) is 20.4 Å². The molecule has 1 aliphatic heterocycles. The molecule has 3 aromatic heterocycles. The minimum absolute atomic E-state index is 0.0589. The molecule has 1 aliphatic rings. The van der Waals surface area contributed by atoms with E-state index in [2.05, 4.69) is 14.9 Å². The highest BCUT2D eigenvalue weighted by molar-refractivity contribution is 7.93. The Morgan fingerprint density at radius 2 is 2.00 bits per heavy atom. The third-order valence-corrected chi connectivity index (χ3v) is 8.35. The second kappa shape index (κ2) is 8.49. The minimum atomic E-state index is -4.10. The van der Waals surface area contributed by atoms with Crippen LogP contribution in [0.5, 0.6) is 11.5 Å². The molecule has 33 heavy (non-hydrogen) atoms. The first-order chi connectivity index (χ1) is 15.9. The number of pyridine rings is 1. The number of aromatic nitrogens is 2. The summed E-state index contributed by atoms with van der Waals surface area (Å²) < 4.78 is 45.4. The lowest BCUT2D eigenvalue weighted by atomic mass is 10.00. The molecule has 0 aliphatic carbocycles. The molecule has 0 atom stereocenters. The van der Waals surface area contributed by atoms with Crippen LogP contribution < -0.4 is 14.2 Å². The number of rotatable bonds is 7. The summed E-state index contributed by atoms with van der Waals surface area (Å²) in [5.41, 5.74) is 2.04. The lowest BCUT2D eigenvalue weighted by Gasteiger charge is -2.12. The Balaban J connectivity index is 1.62. The van der Waals surface area contributed by atoms with Crippen LogP contribution in [-0.4, -0.2) is 37.1 Å². The van der Waals surface area contributed by atoms with Crippen molar-refractivity contribution in [3.8, 4) is 11.5 Å². The van der Waals surface area contributed by atoms with Gasteiger partial charge in [0.15, 0.2) is 11.5 Å². The van der Waals surface area contributed by atoms with Gasteiger partial charge in [0.2, 0.25) is 6.79 Å². The number of aryl methyl sites for hydroxylation is 1. The number of aliphatic hydroxyl groups is 1. The molecule has 0 spiro atoms. The Hall–Kier alpha value is -2.86. The van der Waals surface area contributed by atoms with Gasteiger partial charge in [0.05, 0.1) is 0 Å². The summed E-state index contributed by atoms with van der Waals surface area (Å²) >= 11 is 7.41. The van der Waals surface area contributed by atoms with Gasteiger partial charge in [-0.2, -0.15) is 0 Å². The van der Waals surface area contributed by atoms with Crippen LogP contribution in [0, 0.1) is 6.92 Å². The van der Waals surface area contributed by atoms with Crippen molar-refractivity contribution in [2.75, 3.05) is 18.1 Å². The molecule has 0 unspecified atom stereocenters. The van der Waals surface area contributed by atoms with Gasteiger partial charge in [-0.15, -0.1) is 11.3 Å². The zero-order chi connectivity index (χ0) is 23.2. The van der Waals surface area contributed by atoms with Crippen molar-refractivity contribution < 1.29 is 27.5 Å². The van der Waals surface area contributed by atoms with Gasteiger partial charge in [-0.1, -0.05) is 16.8 Å². The number of hydrogen-bond donors (Lipinski definition) is 2. The van der Waals surface area contributed by atoms with Crippen molar-refractivity contribution in [2.45, 2.75) is 24.7 Å². The second-order valence-electron chi connectivity index (χ2n) is 7.35. The molecule has 0 saturated heterocycles. The smallest absolute Gasteiger partial charge is 0.266 e. The van der Waals surface area contributed by atoms with E-state index in [-0.39, 0.29) is 35.6 Å². The highest BCUT2D eigenvalue weighted by atomic mass is 35.5. The molecule has 0 fully saturated rings. The highest BCUT2D eigenvalue weighted by Crippen LogP contribution is 2.40. The maximum atomic E-state index is 13.5. The zero-order valence-corrected chi connectivity index (χ0v) is 19.7. The third kappa shape index (κ3) is 4.01. The summed E-state index contributed by atoms with van der Waals surface area (Å²) in [6.45, 7) is 1.67. The van der Waals surface area contributed by atoms with Crippen LogP contribution in [0.4, 0.5) is 5.88 Å². The van der Waals surface area contributed by atoms with Gasteiger partial charge >= 0.3 is 0 Å². The zero-order valence-electron chi connectivity index (χ0n) is 17.3. The second-order valence-corrected chi connectivity index (χ2v) is 10.4. The number of nitrogens with one attached hydrogen (secondary N) is 1. The number of thiophene rings is 1. The van der Waals surface area contributed by atoms with Gasteiger partial charge in [-0.05, 0) is 48.7 Å². The van der Waals surface area contributed by atoms with Crippen LogP contribution in [-0.2, 0) is 22.9 Å². The standard InChI is InChI=1S/C21H18ClN3O6S2/c1-11-18(22)20(31-24-11)25-33(27,28)19-14-3-2-5-23-21(14)32-17(19)9-13-8-16-15(29-10-30-16)7-12(13)4-6-26/h2-3,5,7-8,25-26H,4,6,9-10H2,1H3. The maximum Gasteiger partial charge on any atom is 0.266 e. The Kier molecular flexibility index (Phi) is 5.65. The van der Waals surface area contributed by atoms with E-state index >= 15 is 0 Å². The van der Waals surface area contributed by atoms with Crippen LogP contribution in [0.1, 0.15) is 21.7 Å². The largest absolute Gasteiger partial charge is 0.454 e. The molecule has 4 aromatic rings. The van der Waals surface area contributed by atoms with Gasteiger partial charge in [-0.3, -0.25) is 0 Å². The molecule has 2 N–H and O–H groups in total. The Bertz CT molecular complexity index is 1460. The van der Waals surface area contributed by atoms with E-state index < -0.39 is 10.0 Å². The average Bonchev–Trinajstić information content (AvgIpc) is 3.47. The molecule has 1 aromatic carbocycles. The first-order valence-corrected chi connectivity index (χ1v) is 12.6. The average molecular weight is 508 g/mol. The van der Waals surface area contributed by atoms with Crippen molar-refractivity contribution in [1.29, 1.82) is 0 Å². The molecule has 5 rings (SSSR count). The topological polar surface area (TPSA) is 124 Å². The number of nitrogens with zero attached hydrogens (tertiary/aromatic N) is 2. The Morgan fingerprint density at radius 3 is 2.70 bits per heavy atom. The molecule has 0 amide bonds. The highest BCUT2D eigenvalue weighted by Gasteiger charge is 2.29. The molecule has 0 bridgehead atoms. The predicted molar refractivity (Wildman–Crippen MR) is 123 cm³/mol. The van der Waals surface area contributed by atoms with Crippen LogP contribution in [0.3, 0.4) is 0 Å². The first-order valence-electron chi connectivity index (χ1n) is 9.90.